The number of para-hydroxylation sites is 1. The first-order valence-electron chi connectivity index (χ1n) is 7.86. The summed E-state index contributed by atoms with van der Waals surface area (Å²) in [5.41, 5.74) is 4.01. The Morgan fingerprint density at radius 1 is 0.905 bits per heavy atom. The predicted molar refractivity (Wildman–Crippen MR) is 91.6 cm³/mol. The molecule has 0 radical (unpaired) electrons. The lowest BCUT2D eigenvalue weighted by Gasteiger charge is -2.25. The first-order valence-corrected chi connectivity index (χ1v) is 7.86. The lowest BCUT2D eigenvalue weighted by atomic mass is 10.1. The normalized spacial score (nSPS) is 10.6. The summed E-state index contributed by atoms with van der Waals surface area (Å²) in [6.45, 7) is 5.26. The molecule has 112 valence electrons. The summed E-state index contributed by atoms with van der Waals surface area (Å²) in [4.78, 5) is 2.47. The Labute approximate surface area is 128 Å². The van der Waals surface area contributed by atoms with Gasteiger partial charge in [-0.05, 0) is 36.7 Å². The first kappa shape index (κ1) is 15.6. The minimum absolute atomic E-state index is 0.929. The van der Waals surface area contributed by atoms with Crippen molar-refractivity contribution in [3.05, 3.63) is 65.7 Å². The number of unbranched alkanes of at least 4 members (excludes halogenated alkanes) is 1. The number of hydrogen-bond acceptors (Lipinski definition) is 2. The summed E-state index contributed by atoms with van der Waals surface area (Å²) in [5, 5.41) is 3.19. The number of hydrogen-bond donors (Lipinski definition) is 1. The predicted octanol–water partition coefficient (Wildman–Crippen LogP) is 4.21. The zero-order valence-electron chi connectivity index (χ0n) is 13.2. The molecule has 0 saturated carbocycles. The number of benzene rings is 2. The molecule has 0 bridgehead atoms. The molecule has 0 aliphatic heterocycles. The van der Waals surface area contributed by atoms with E-state index in [0.29, 0.717) is 0 Å². The first-order chi connectivity index (χ1) is 10.3. The molecular weight excluding hydrogens is 256 g/mol. The van der Waals surface area contributed by atoms with Gasteiger partial charge in [0, 0.05) is 25.3 Å². The SMILES string of the molecule is CCCCN(Cc1ccc(CNC)cc1)c1ccccc1. The molecule has 2 aromatic carbocycles. The van der Waals surface area contributed by atoms with E-state index in [0.717, 1.165) is 19.6 Å². The molecule has 0 amide bonds. The van der Waals surface area contributed by atoms with E-state index in [2.05, 4.69) is 71.7 Å². The molecule has 0 atom stereocenters. The van der Waals surface area contributed by atoms with Crippen LogP contribution in [0.5, 0.6) is 0 Å². The number of nitrogens with one attached hydrogen (secondary N) is 1. The van der Waals surface area contributed by atoms with E-state index >= 15 is 0 Å². The summed E-state index contributed by atoms with van der Waals surface area (Å²) in [6.07, 6.45) is 2.46. The fourth-order valence-electron chi connectivity index (χ4n) is 2.47. The number of anilines is 1. The maximum atomic E-state index is 3.19. The summed E-state index contributed by atoms with van der Waals surface area (Å²) in [7, 11) is 1.98. The fraction of sp³-hybridized carbons (Fsp3) is 0.368. The van der Waals surface area contributed by atoms with Crippen molar-refractivity contribution in [2.24, 2.45) is 0 Å². The molecule has 0 unspecified atom stereocenters. The van der Waals surface area contributed by atoms with E-state index in [1.807, 2.05) is 7.05 Å². The van der Waals surface area contributed by atoms with Gasteiger partial charge in [0.05, 0.1) is 0 Å². The smallest absolute Gasteiger partial charge is 0.0429 e. The molecule has 0 heterocycles. The topological polar surface area (TPSA) is 15.3 Å². The third kappa shape index (κ3) is 4.91. The molecule has 0 fully saturated rings. The summed E-state index contributed by atoms with van der Waals surface area (Å²) in [5.74, 6) is 0. The molecule has 21 heavy (non-hydrogen) atoms. The molecule has 2 heteroatoms. The Hall–Kier alpha value is -1.80. The van der Waals surface area contributed by atoms with E-state index in [-0.39, 0.29) is 0 Å². The lowest BCUT2D eigenvalue weighted by Crippen LogP contribution is -2.23. The third-order valence-electron chi connectivity index (χ3n) is 3.68. The Bertz CT molecular complexity index is 505. The highest BCUT2D eigenvalue weighted by Gasteiger charge is 2.06. The lowest BCUT2D eigenvalue weighted by molar-refractivity contribution is 0.715. The Morgan fingerprint density at radius 3 is 2.19 bits per heavy atom. The van der Waals surface area contributed by atoms with Crippen LogP contribution in [0.25, 0.3) is 0 Å². The van der Waals surface area contributed by atoms with Gasteiger partial charge in [-0.25, -0.2) is 0 Å². The van der Waals surface area contributed by atoms with Crippen molar-refractivity contribution in [3.8, 4) is 0 Å². The van der Waals surface area contributed by atoms with Crippen LogP contribution in [-0.4, -0.2) is 13.6 Å². The monoisotopic (exact) mass is 282 g/mol. The molecule has 0 aromatic heterocycles. The maximum Gasteiger partial charge on any atom is 0.0429 e. The maximum absolute atomic E-state index is 3.19. The molecule has 2 aromatic rings. The molecule has 0 aliphatic carbocycles. The molecule has 0 saturated heterocycles. The van der Waals surface area contributed by atoms with E-state index < -0.39 is 0 Å². The second-order valence-electron chi connectivity index (χ2n) is 5.46. The van der Waals surface area contributed by atoms with Crippen LogP contribution in [0.4, 0.5) is 5.69 Å². The van der Waals surface area contributed by atoms with Crippen LogP contribution in [0, 0.1) is 0 Å². The van der Waals surface area contributed by atoms with Gasteiger partial charge < -0.3 is 10.2 Å². The molecule has 0 spiro atoms. The summed E-state index contributed by atoms with van der Waals surface area (Å²) in [6, 6.07) is 19.6. The molecule has 2 nitrogen and oxygen atoms in total. The van der Waals surface area contributed by atoms with Gasteiger partial charge in [0.25, 0.3) is 0 Å². The second kappa shape index (κ2) is 8.48. The number of rotatable bonds is 8. The van der Waals surface area contributed by atoms with Crippen LogP contribution in [-0.2, 0) is 13.1 Å². The molecule has 1 N–H and O–H groups in total. The minimum atomic E-state index is 0.929. The van der Waals surface area contributed by atoms with Gasteiger partial charge in [0.2, 0.25) is 0 Å². The average Bonchev–Trinajstić information content (AvgIpc) is 2.54. The second-order valence-corrected chi connectivity index (χ2v) is 5.46. The van der Waals surface area contributed by atoms with Crippen molar-refractivity contribution in [2.75, 3.05) is 18.5 Å². The van der Waals surface area contributed by atoms with Crippen molar-refractivity contribution >= 4 is 5.69 Å². The van der Waals surface area contributed by atoms with Gasteiger partial charge in [-0.15, -0.1) is 0 Å². The van der Waals surface area contributed by atoms with Gasteiger partial charge in [0.15, 0.2) is 0 Å². The van der Waals surface area contributed by atoms with Crippen LogP contribution in [0.15, 0.2) is 54.6 Å². The molecular formula is C19H26N2. The Balaban J connectivity index is 2.07. The highest BCUT2D eigenvalue weighted by Crippen LogP contribution is 2.18. The van der Waals surface area contributed by atoms with Crippen molar-refractivity contribution < 1.29 is 0 Å². The largest absolute Gasteiger partial charge is 0.367 e. The van der Waals surface area contributed by atoms with Crippen LogP contribution in [0.2, 0.25) is 0 Å². The van der Waals surface area contributed by atoms with E-state index in [1.165, 1.54) is 29.7 Å². The van der Waals surface area contributed by atoms with Crippen LogP contribution in [0.1, 0.15) is 30.9 Å². The standard InChI is InChI=1S/C19H26N2/c1-3-4-14-21(19-8-6-5-7-9-19)16-18-12-10-17(11-13-18)15-20-2/h5-13,20H,3-4,14-16H2,1-2H3. The van der Waals surface area contributed by atoms with E-state index in [1.54, 1.807) is 0 Å². The summed E-state index contributed by atoms with van der Waals surface area (Å²) >= 11 is 0. The van der Waals surface area contributed by atoms with Gasteiger partial charge >= 0.3 is 0 Å². The average molecular weight is 282 g/mol. The van der Waals surface area contributed by atoms with Gasteiger partial charge in [-0.3, -0.25) is 0 Å². The van der Waals surface area contributed by atoms with Crippen molar-refractivity contribution in [3.63, 3.8) is 0 Å². The zero-order chi connectivity index (χ0) is 14.9. The molecule has 2 rings (SSSR count). The van der Waals surface area contributed by atoms with E-state index in [4.69, 9.17) is 0 Å². The highest BCUT2D eigenvalue weighted by atomic mass is 15.1. The fourth-order valence-corrected chi connectivity index (χ4v) is 2.47. The van der Waals surface area contributed by atoms with Crippen molar-refractivity contribution in [1.82, 2.24) is 5.32 Å². The van der Waals surface area contributed by atoms with Gasteiger partial charge in [-0.1, -0.05) is 55.8 Å². The third-order valence-corrected chi connectivity index (χ3v) is 3.68. The van der Waals surface area contributed by atoms with Crippen LogP contribution < -0.4 is 10.2 Å². The van der Waals surface area contributed by atoms with Crippen LogP contribution >= 0.6 is 0 Å². The van der Waals surface area contributed by atoms with Crippen molar-refractivity contribution in [1.29, 1.82) is 0 Å². The Morgan fingerprint density at radius 2 is 1.57 bits per heavy atom. The quantitative estimate of drug-likeness (QED) is 0.780. The number of nitrogens with zero attached hydrogens (tertiary/aromatic N) is 1. The highest BCUT2D eigenvalue weighted by molar-refractivity contribution is 5.46. The van der Waals surface area contributed by atoms with E-state index in [9.17, 15) is 0 Å². The van der Waals surface area contributed by atoms with Crippen molar-refractivity contribution in [2.45, 2.75) is 32.9 Å². The van der Waals surface area contributed by atoms with Crippen LogP contribution in [0.3, 0.4) is 0 Å². The van der Waals surface area contributed by atoms with Gasteiger partial charge in [-0.2, -0.15) is 0 Å². The Kier molecular flexibility index (Phi) is 6.29. The molecule has 0 aliphatic rings. The summed E-state index contributed by atoms with van der Waals surface area (Å²) < 4.78 is 0. The minimum Gasteiger partial charge on any atom is -0.367 e. The zero-order valence-corrected chi connectivity index (χ0v) is 13.2. The van der Waals surface area contributed by atoms with Gasteiger partial charge in [0.1, 0.15) is 0 Å².